The van der Waals surface area contributed by atoms with Crippen LogP contribution in [0.25, 0.3) is 0 Å². The van der Waals surface area contributed by atoms with Crippen LogP contribution < -0.4 is 5.32 Å². The van der Waals surface area contributed by atoms with Crippen LogP contribution in [-0.4, -0.2) is 32.1 Å². The van der Waals surface area contributed by atoms with Gasteiger partial charge in [-0.1, -0.05) is 37.3 Å². The maximum atomic E-state index is 5.40. The molecule has 0 aliphatic carbocycles. The number of nitrogens with one attached hydrogen (secondary N) is 1. The van der Waals surface area contributed by atoms with Gasteiger partial charge in [0, 0.05) is 12.6 Å². The zero-order chi connectivity index (χ0) is 12.1. The molecule has 2 rings (SSSR count). The van der Waals surface area contributed by atoms with Crippen molar-refractivity contribution in [3.63, 3.8) is 0 Å². The predicted molar refractivity (Wildman–Crippen MR) is 68.0 cm³/mol. The fourth-order valence-corrected chi connectivity index (χ4v) is 2.03. The Kier molecular flexibility index (Phi) is 4.54. The topological polar surface area (TPSA) is 30.5 Å². The van der Waals surface area contributed by atoms with Gasteiger partial charge in [0.15, 0.2) is 6.29 Å². The lowest BCUT2D eigenvalue weighted by molar-refractivity contribution is -0.0406. The highest BCUT2D eigenvalue weighted by atomic mass is 16.7. The van der Waals surface area contributed by atoms with E-state index in [1.165, 1.54) is 5.56 Å². The Morgan fingerprint density at radius 1 is 1.18 bits per heavy atom. The van der Waals surface area contributed by atoms with Gasteiger partial charge in [0.2, 0.25) is 0 Å². The minimum absolute atomic E-state index is 0.0691. The summed E-state index contributed by atoms with van der Waals surface area (Å²) in [5, 5.41) is 3.47. The summed E-state index contributed by atoms with van der Waals surface area (Å²) in [5.41, 5.74) is 1.36. The quantitative estimate of drug-likeness (QED) is 0.848. The Bertz CT molecular complexity index is 322. The molecule has 1 N–H and O–H groups in total. The fourth-order valence-electron chi connectivity index (χ4n) is 2.03. The van der Waals surface area contributed by atoms with E-state index in [9.17, 15) is 0 Å². The summed E-state index contributed by atoms with van der Waals surface area (Å²) in [6.07, 6.45) is -0.0691. The second-order valence-corrected chi connectivity index (χ2v) is 4.57. The third-order valence-corrected chi connectivity index (χ3v) is 3.37. The van der Waals surface area contributed by atoms with E-state index in [4.69, 9.17) is 9.47 Å². The van der Waals surface area contributed by atoms with E-state index < -0.39 is 0 Å². The number of hydrogen-bond donors (Lipinski definition) is 1. The van der Waals surface area contributed by atoms with Crippen molar-refractivity contribution in [2.45, 2.75) is 32.1 Å². The van der Waals surface area contributed by atoms with E-state index >= 15 is 0 Å². The minimum atomic E-state index is -0.0691. The highest BCUT2D eigenvalue weighted by Gasteiger charge is 2.19. The van der Waals surface area contributed by atoms with Crippen molar-refractivity contribution in [1.82, 2.24) is 5.32 Å². The summed E-state index contributed by atoms with van der Waals surface area (Å²) in [5.74, 6) is 0.484. The number of benzene rings is 1. The molecule has 0 amide bonds. The van der Waals surface area contributed by atoms with Crippen molar-refractivity contribution in [2.24, 2.45) is 0 Å². The van der Waals surface area contributed by atoms with Crippen LogP contribution in [0.1, 0.15) is 25.3 Å². The molecule has 0 spiro atoms. The summed E-state index contributed by atoms with van der Waals surface area (Å²) in [4.78, 5) is 0. The minimum Gasteiger partial charge on any atom is -0.349 e. The largest absolute Gasteiger partial charge is 0.349 e. The number of hydrogen-bond acceptors (Lipinski definition) is 3. The molecule has 94 valence electrons. The lowest BCUT2D eigenvalue weighted by Gasteiger charge is -2.23. The van der Waals surface area contributed by atoms with Gasteiger partial charge in [-0.15, -0.1) is 0 Å². The summed E-state index contributed by atoms with van der Waals surface area (Å²) in [7, 11) is 0. The zero-order valence-electron chi connectivity index (χ0n) is 10.6. The van der Waals surface area contributed by atoms with Gasteiger partial charge >= 0.3 is 0 Å². The van der Waals surface area contributed by atoms with Gasteiger partial charge < -0.3 is 14.8 Å². The van der Waals surface area contributed by atoms with Crippen LogP contribution in [-0.2, 0) is 9.47 Å². The first-order valence-corrected chi connectivity index (χ1v) is 6.29. The number of rotatable bonds is 5. The van der Waals surface area contributed by atoms with Crippen LogP contribution >= 0.6 is 0 Å². The Balaban J connectivity index is 1.80. The van der Waals surface area contributed by atoms with Gasteiger partial charge in [-0.05, 0) is 18.4 Å². The van der Waals surface area contributed by atoms with E-state index in [2.05, 4.69) is 49.5 Å². The van der Waals surface area contributed by atoms with Gasteiger partial charge in [0.1, 0.15) is 0 Å². The third kappa shape index (κ3) is 3.53. The molecule has 1 heterocycles. The molecule has 2 unspecified atom stereocenters. The molecule has 0 radical (unpaired) electrons. The fraction of sp³-hybridized carbons (Fsp3) is 0.571. The first-order valence-electron chi connectivity index (χ1n) is 6.29. The van der Waals surface area contributed by atoms with Crippen molar-refractivity contribution < 1.29 is 9.47 Å². The summed E-state index contributed by atoms with van der Waals surface area (Å²) in [6.45, 7) is 6.64. The lowest BCUT2D eigenvalue weighted by atomic mass is 9.94. The molecule has 3 heteroatoms. The third-order valence-electron chi connectivity index (χ3n) is 3.37. The standard InChI is InChI=1S/C14H21NO2/c1-11(13-6-4-3-5-7-13)12(2)15-10-14-16-8-9-17-14/h3-7,11-12,14-15H,8-10H2,1-2H3. The average Bonchev–Trinajstić information content (AvgIpc) is 2.89. The number of ether oxygens (including phenoxy) is 2. The maximum Gasteiger partial charge on any atom is 0.170 e. The molecule has 0 aromatic heterocycles. The van der Waals surface area contributed by atoms with Gasteiger partial charge in [-0.3, -0.25) is 0 Å². The SMILES string of the molecule is CC(NCC1OCCO1)C(C)c1ccccc1. The molecule has 1 aromatic carbocycles. The van der Waals surface area contributed by atoms with Crippen molar-refractivity contribution in [2.75, 3.05) is 19.8 Å². The van der Waals surface area contributed by atoms with E-state index in [0.717, 1.165) is 19.8 Å². The van der Waals surface area contributed by atoms with Crippen molar-refractivity contribution in [3.8, 4) is 0 Å². The molecular weight excluding hydrogens is 214 g/mol. The normalized spacial score (nSPS) is 20.4. The second-order valence-electron chi connectivity index (χ2n) is 4.57. The zero-order valence-corrected chi connectivity index (χ0v) is 10.6. The Labute approximate surface area is 103 Å². The Hall–Kier alpha value is -0.900. The van der Waals surface area contributed by atoms with Crippen LogP contribution in [0.3, 0.4) is 0 Å². The highest BCUT2D eigenvalue weighted by Crippen LogP contribution is 2.18. The van der Waals surface area contributed by atoms with Crippen molar-refractivity contribution in [3.05, 3.63) is 35.9 Å². The molecule has 3 nitrogen and oxygen atoms in total. The Morgan fingerprint density at radius 2 is 1.82 bits per heavy atom. The van der Waals surface area contributed by atoms with Crippen LogP contribution in [0.5, 0.6) is 0 Å². The van der Waals surface area contributed by atoms with E-state index in [1.807, 2.05) is 0 Å². The molecule has 1 aliphatic rings. The Morgan fingerprint density at radius 3 is 2.47 bits per heavy atom. The van der Waals surface area contributed by atoms with Crippen LogP contribution in [0, 0.1) is 0 Å². The molecule has 1 aliphatic heterocycles. The molecule has 17 heavy (non-hydrogen) atoms. The summed E-state index contributed by atoms with van der Waals surface area (Å²) in [6, 6.07) is 11.0. The van der Waals surface area contributed by atoms with Crippen molar-refractivity contribution >= 4 is 0 Å². The molecule has 0 saturated carbocycles. The predicted octanol–water partition coefficient (Wildman–Crippen LogP) is 2.14. The van der Waals surface area contributed by atoms with Gasteiger partial charge in [0.05, 0.1) is 13.2 Å². The molecule has 1 aromatic rings. The van der Waals surface area contributed by atoms with Crippen LogP contribution in [0.15, 0.2) is 30.3 Å². The first-order chi connectivity index (χ1) is 8.27. The van der Waals surface area contributed by atoms with E-state index in [0.29, 0.717) is 12.0 Å². The molecule has 0 bridgehead atoms. The van der Waals surface area contributed by atoms with Crippen LogP contribution in [0.2, 0.25) is 0 Å². The molecule has 1 fully saturated rings. The van der Waals surface area contributed by atoms with Gasteiger partial charge in [-0.25, -0.2) is 0 Å². The summed E-state index contributed by atoms with van der Waals surface area (Å²) >= 11 is 0. The first kappa shape index (κ1) is 12.6. The smallest absolute Gasteiger partial charge is 0.170 e. The van der Waals surface area contributed by atoms with Gasteiger partial charge in [0.25, 0.3) is 0 Å². The second kappa shape index (κ2) is 6.15. The molecule has 1 saturated heterocycles. The summed E-state index contributed by atoms with van der Waals surface area (Å²) < 4.78 is 10.8. The van der Waals surface area contributed by atoms with E-state index in [1.54, 1.807) is 0 Å². The maximum absolute atomic E-state index is 5.40. The molecule has 2 atom stereocenters. The highest BCUT2D eigenvalue weighted by molar-refractivity contribution is 5.20. The average molecular weight is 235 g/mol. The van der Waals surface area contributed by atoms with Gasteiger partial charge in [-0.2, -0.15) is 0 Å². The van der Waals surface area contributed by atoms with Crippen LogP contribution in [0.4, 0.5) is 0 Å². The van der Waals surface area contributed by atoms with E-state index in [-0.39, 0.29) is 6.29 Å². The van der Waals surface area contributed by atoms with Crippen molar-refractivity contribution in [1.29, 1.82) is 0 Å². The monoisotopic (exact) mass is 235 g/mol. The molecular formula is C14H21NO2. The lowest BCUT2D eigenvalue weighted by Crippen LogP contribution is -2.37.